The van der Waals surface area contributed by atoms with Gasteiger partial charge in [-0.25, -0.2) is 12.8 Å². The first kappa shape index (κ1) is 18.9. The van der Waals surface area contributed by atoms with Crippen LogP contribution in [0.3, 0.4) is 0 Å². The molecular weight excluding hydrogens is 377 g/mol. The highest BCUT2D eigenvalue weighted by molar-refractivity contribution is 7.89. The van der Waals surface area contributed by atoms with Crippen molar-refractivity contribution in [1.82, 2.24) is 4.31 Å². The van der Waals surface area contributed by atoms with Crippen molar-refractivity contribution in [3.63, 3.8) is 0 Å². The highest BCUT2D eigenvalue weighted by Gasteiger charge is 2.39. The first-order chi connectivity index (χ1) is 12.7. The lowest BCUT2D eigenvalue weighted by atomic mass is 10.2. The molecule has 0 aliphatic carbocycles. The maximum Gasteiger partial charge on any atom is 0.269 e. The monoisotopic (exact) mass is 393 g/mol. The van der Waals surface area contributed by atoms with E-state index in [2.05, 4.69) is 0 Å². The van der Waals surface area contributed by atoms with Gasteiger partial charge in [0.25, 0.3) is 5.69 Å². The van der Waals surface area contributed by atoms with Gasteiger partial charge in [-0.15, -0.1) is 0 Å². The Morgan fingerprint density at radius 1 is 1.07 bits per heavy atom. The molecule has 0 N–H and O–H groups in total. The summed E-state index contributed by atoms with van der Waals surface area (Å²) in [5, 5.41) is 10.7. The molecule has 1 atom stereocenters. The molecule has 2 aromatic rings. The van der Waals surface area contributed by atoms with Crippen LogP contribution in [0.15, 0.2) is 53.4 Å². The number of nitro benzene ring substituents is 1. The predicted molar refractivity (Wildman–Crippen MR) is 95.2 cm³/mol. The molecule has 1 aliphatic rings. The van der Waals surface area contributed by atoms with Crippen LogP contribution in [0, 0.1) is 15.9 Å². The fraction of sp³-hybridized carbons (Fsp3) is 0.235. The van der Waals surface area contributed by atoms with Crippen molar-refractivity contribution >= 4 is 27.3 Å². The van der Waals surface area contributed by atoms with Gasteiger partial charge in [-0.05, 0) is 43.3 Å². The van der Waals surface area contributed by atoms with Gasteiger partial charge in [0.15, 0.2) is 0 Å². The van der Waals surface area contributed by atoms with Crippen LogP contribution >= 0.6 is 0 Å². The number of non-ortho nitro benzene ring substituents is 1. The number of amides is 1. The molecule has 1 heterocycles. The van der Waals surface area contributed by atoms with E-state index in [1.165, 1.54) is 36.1 Å². The van der Waals surface area contributed by atoms with Crippen LogP contribution in [-0.4, -0.2) is 42.7 Å². The van der Waals surface area contributed by atoms with Gasteiger partial charge in [0, 0.05) is 30.9 Å². The average Bonchev–Trinajstić information content (AvgIpc) is 2.64. The number of nitro groups is 1. The van der Waals surface area contributed by atoms with E-state index >= 15 is 0 Å². The molecule has 1 saturated heterocycles. The molecule has 1 fully saturated rings. The zero-order valence-electron chi connectivity index (χ0n) is 14.3. The van der Waals surface area contributed by atoms with Crippen molar-refractivity contribution in [1.29, 1.82) is 0 Å². The normalized spacial score (nSPS) is 18.5. The molecule has 1 aliphatic heterocycles. The van der Waals surface area contributed by atoms with Gasteiger partial charge in [0.1, 0.15) is 11.9 Å². The Hall–Kier alpha value is -2.85. The van der Waals surface area contributed by atoms with Crippen molar-refractivity contribution in [2.45, 2.75) is 17.9 Å². The Morgan fingerprint density at radius 2 is 1.67 bits per heavy atom. The van der Waals surface area contributed by atoms with Gasteiger partial charge in [-0.3, -0.25) is 14.9 Å². The topological polar surface area (TPSA) is 101 Å². The number of nitrogens with zero attached hydrogens (tertiary/aromatic N) is 3. The highest BCUT2D eigenvalue weighted by atomic mass is 32.2. The molecule has 0 saturated carbocycles. The summed E-state index contributed by atoms with van der Waals surface area (Å²) in [5.41, 5.74) is 0.355. The minimum atomic E-state index is -3.95. The van der Waals surface area contributed by atoms with Crippen LogP contribution in [0.25, 0.3) is 0 Å². The van der Waals surface area contributed by atoms with Crippen LogP contribution in [0.1, 0.15) is 6.92 Å². The molecule has 1 amide bonds. The fourth-order valence-electron chi connectivity index (χ4n) is 2.93. The lowest BCUT2D eigenvalue weighted by Crippen LogP contribution is -2.57. The number of benzene rings is 2. The summed E-state index contributed by atoms with van der Waals surface area (Å²) in [5.74, 6) is -0.998. The number of anilines is 1. The van der Waals surface area contributed by atoms with Crippen molar-refractivity contribution in [3.05, 3.63) is 64.5 Å². The standard InChI is InChI=1S/C17H16FN3O5S/c1-12-17(22)19(14-4-6-15(7-5-14)21(23)24)10-11-20(12)27(25,26)16-8-2-13(18)3-9-16/h2-9,12H,10-11H2,1H3. The maximum atomic E-state index is 13.1. The Labute approximate surface area is 155 Å². The van der Waals surface area contributed by atoms with Crippen LogP contribution in [-0.2, 0) is 14.8 Å². The number of rotatable bonds is 4. The third-order valence-electron chi connectivity index (χ3n) is 4.39. The third kappa shape index (κ3) is 3.53. The summed E-state index contributed by atoms with van der Waals surface area (Å²) in [4.78, 5) is 24.2. The number of hydrogen-bond acceptors (Lipinski definition) is 5. The van der Waals surface area contributed by atoms with Gasteiger partial charge >= 0.3 is 0 Å². The Bertz CT molecular complexity index is 977. The summed E-state index contributed by atoms with van der Waals surface area (Å²) in [6.07, 6.45) is 0. The van der Waals surface area contributed by atoms with Crippen molar-refractivity contribution in [2.75, 3.05) is 18.0 Å². The van der Waals surface area contributed by atoms with Crippen LogP contribution in [0.2, 0.25) is 0 Å². The first-order valence-corrected chi connectivity index (χ1v) is 9.49. The van der Waals surface area contributed by atoms with E-state index in [4.69, 9.17) is 0 Å². The maximum absolute atomic E-state index is 13.1. The van der Waals surface area contributed by atoms with Crippen LogP contribution in [0.4, 0.5) is 15.8 Å². The van der Waals surface area contributed by atoms with Crippen molar-refractivity contribution in [3.8, 4) is 0 Å². The molecule has 0 spiro atoms. The van der Waals surface area contributed by atoms with Gasteiger partial charge < -0.3 is 4.90 Å². The number of carbonyl (C=O) groups is 1. The Balaban J connectivity index is 1.83. The quantitative estimate of drug-likeness (QED) is 0.585. The second kappa shape index (κ2) is 7.05. The number of sulfonamides is 1. The summed E-state index contributed by atoms with van der Waals surface area (Å²) >= 11 is 0. The summed E-state index contributed by atoms with van der Waals surface area (Å²) < 4.78 is 39.7. The fourth-order valence-corrected chi connectivity index (χ4v) is 4.51. The number of halogens is 1. The summed E-state index contributed by atoms with van der Waals surface area (Å²) in [7, 11) is -3.95. The van der Waals surface area contributed by atoms with Crippen molar-refractivity contribution in [2.24, 2.45) is 0 Å². The van der Waals surface area contributed by atoms with Gasteiger partial charge in [0.05, 0.1) is 9.82 Å². The lowest BCUT2D eigenvalue weighted by molar-refractivity contribution is -0.384. The van der Waals surface area contributed by atoms with E-state index in [1.54, 1.807) is 0 Å². The van der Waals surface area contributed by atoms with E-state index < -0.39 is 32.7 Å². The Morgan fingerprint density at radius 3 is 2.22 bits per heavy atom. The zero-order chi connectivity index (χ0) is 19.8. The van der Waals surface area contributed by atoms with E-state index in [1.807, 2.05) is 0 Å². The van der Waals surface area contributed by atoms with Gasteiger partial charge in [0.2, 0.25) is 15.9 Å². The second-order valence-corrected chi connectivity index (χ2v) is 7.90. The average molecular weight is 393 g/mol. The zero-order valence-corrected chi connectivity index (χ0v) is 15.1. The van der Waals surface area contributed by atoms with E-state index in [-0.39, 0.29) is 23.7 Å². The molecule has 2 aromatic carbocycles. The molecule has 10 heteroatoms. The summed E-state index contributed by atoms with van der Waals surface area (Å²) in [6.45, 7) is 1.62. The highest BCUT2D eigenvalue weighted by Crippen LogP contribution is 2.26. The molecule has 27 heavy (non-hydrogen) atoms. The van der Waals surface area contributed by atoms with Gasteiger partial charge in [-0.2, -0.15) is 4.31 Å². The smallest absolute Gasteiger partial charge is 0.269 e. The minimum absolute atomic E-state index is 0.0452. The van der Waals surface area contributed by atoms with E-state index in [0.29, 0.717) is 5.69 Å². The van der Waals surface area contributed by atoms with Crippen LogP contribution < -0.4 is 4.90 Å². The molecule has 3 rings (SSSR count). The number of piperazine rings is 1. The summed E-state index contributed by atoms with van der Waals surface area (Å²) in [6, 6.07) is 8.92. The van der Waals surface area contributed by atoms with Crippen LogP contribution in [0.5, 0.6) is 0 Å². The molecule has 0 aromatic heterocycles. The number of carbonyl (C=O) groups excluding carboxylic acids is 1. The predicted octanol–water partition coefficient (Wildman–Crippen LogP) is 2.16. The molecule has 0 radical (unpaired) electrons. The Kier molecular flexibility index (Phi) is 4.94. The lowest BCUT2D eigenvalue weighted by Gasteiger charge is -2.38. The second-order valence-electron chi connectivity index (χ2n) is 6.01. The van der Waals surface area contributed by atoms with Crippen molar-refractivity contribution < 1.29 is 22.5 Å². The number of hydrogen-bond donors (Lipinski definition) is 0. The molecule has 1 unspecified atom stereocenters. The molecular formula is C17H16FN3O5S. The van der Waals surface area contributed by atoms with E-state index in [0.717, 1.165) is 28.6 Å². The minimum Gasteiger partial charge on any atom is -0.310 e. The first-order valence-electron chi connectivity index (χ1n) is 8.05. The van der Waals surface area contributed by atoms with E-state index in [9.17, 15) is 27.7 Å². The third-order valence-corrected chi connectivity index (χ3v) is 6.38. The molecule has 8 nitrogen and oxygen atoms in total. The molecule has 142 valence electrons. The van der Waals surface area contributed by atoms with Gasteiger partial charge in [-0.1, -0.05) is 0 Å². The SMILES string of the molecule is CC1C(=O)N(c2ccc([N+](=O)[O-])cc2)CCN1S(=O)(=O)c1ccc(F)cc1. The largest absolute Gasteiger partial charge is 0.310 e. The molecule has 0 bridgehead atoms.